The normalized spacial score (nSPS) is 13.5. The molecule has 100 valence electrons. The van der Waals surface area contributed by atoms with E-state index in [0.717, 1.165) is 5.92 Å². The van der Waals surface area contributed by atoms with Crippen LogP contribution in [0.15, 0.2) is 29.4 Å². The summed E-state index contributed by atoms with van der Waals surface area (Å²) in [5.74, 6) is 1.53. The van der Waals surface area contributed by atoms with Crippen LogP contribution in [-0.4, -0.2) is 6.21 Å². The van der Waals surface area contributed by atoms with Crippen molar-refractivity contribution in [2.24, 2.45) is 16.8 Å². The fourth-order valence-electron chi connectivity index (χ4n) is 1.25. The summed E-state index contributed by atoms with van der Waals surface area (Å²) in [5, 5.41) is 0. The lowest BCUT2D eigenvalue weighted by Crippen LogP contribution is -1.92. The van der Waals surface area contributed by atoms with Crippen molar-refractivity contribution in [2.75, 3.05) is 0 Å². The number of aliphatic imine (C=N–C) groups is 1. The summed E-state index contributed by atoms with van der Waals surface area (Å²) in [6.45, 7) is 16.8. The summed E-state index contributed by atoms with van der Waals surface area (Å²) in [5.41, 5.74) is 1.32. The molecule has 1 nitrogen and oxygen atoms in total. The van der Waals surface area contributed by atoms with Crippen LogP contribution in [-0.2, 0) is 0 Å². The van der Waals surface area contributed by atoms with Gasteiger partial charge in [-0.1, -0.05) is 65.7 Å². The summed E-state index contributed by atoms with van der Waals surface area (Å²) < 4.78 is 0. The maximum Gasteiger partial charge on any atom is 0.0261 e. The molecule has 0 aromatic rings. The number of hydrogen-bond acceptors (Lipinski definition) is 1. The standard InChI is InChI=1S/C10H17N.C6H14/c1-5-7-11-8-10(4)9(3)6-2;1-4-5-6(2)3/h5,7-9H,1,6H2,2-4H3;6H,4-5H2,1-3H3/b10-8+,11-7?;. The van der Waals surface area contributed by atoms with Gasteiger partial charge in [0.25, 0.3) is 0 Å². The Morgan fingerprint density at radius 2 is 1.82 bits per heavy atom. The third kappa shape index (κ3) is 15.1. The third-order valence-corrected chi connectivity index (χ3v) is 2.73. The van der Waals surface area contributed by atoms with Crippen molar-refractivity contribution in [1.82, 2.24) is 0 Å². The highest BCUT2D eigenvalue weighted by atomic mass is 14.7. The van der Waals surface area contributed by atoms with Gasteiger partial charge < -0.3 is 0 Å². The zero-order chi connectivity index (χ0) is 13.7. The van der Waals surface area contributed by atoms with Gasteiger partial charge in [-0.2, -0.15) is 0 Å². The van der Waals surface area contributed by atoms with E-state index >= 15 is 0 Å². The highest BCUT2D eigenvalue weighted by Crippen LogP contribution is 2.12. The first-order chi connectivity index (χ1) is 7.99. The number of nitrogens with zero attached hydrogens (tertiary/aromatic N) is 1. The summed E-state index contributed by atoms with van der Waals surface area (Å²) >= 11 is 0. The van der Waals surface area contributed by atoms with Crippen molar-refractivity contribution in [3.63, 3.8) is 0 Å². The van der Waals surface area contributed by atoms with Crippen LogP contribution in [0.25, 0.3) is 0 Å². The van der Waals surface area contributed by atoms with Crippen LogP contribution >= 0.6 is 0 Å². The second-order valence-electron chi connectivity index (χ2n) is 4.90. The van der Waals surface area contributed by atoms with Crippen LogP contribution in [0.2, 0.25) is 0 Å². The van der Waals surface area contributed by atoms with Gasteiger partial charge in [-0.25, -0.2) is 0 Å². The van der Waals surface area contributed by atoms with Gasteiger partial charge in [-0.3, -0.25) is 4.99 Å². The summed E-state index contributed by atoms with van der Waals surface area (Å²) in [6, 6.07) is 0. The first-order valence-electron chi connectivity index (χ1n) is 6.80. The molecule has 1 heteroatoms. The van der Waals surface area contributed by atoms with Gasteiger partial charge in [0.05, 0.1) is 0 Å². The lowest BCUT2D eigenvalue weighted by Gasteiger charge is -2.06. The van der Waals surface area contributed by atoms with Crippen molar-refractivity contribution in [3.8, 4) is 0 Å². The van der Waals surface area contributed by atoms with Gasteiger partial charge >= 0.3 is 0 Å². The van der Waals surface area contributed by atoms with Crippen LogP contribution in [0.3, 0.4) is 0 Å². The molecule has 0 aliphatic rings. The molecule has 1 atom stereocenters. The van der Waals surface area contributed by atoms with E-state index in [0.29, 0.717) is 5.92 Å². The molecule has 0 saturated carbocycles. The SMILES string of the molecule is C=CC=N/C=C(\C)C(C)CC.CCCC(C)C. The molecule has 0 heterocycles. The number of hydrogen-bond donors (Lipinski definition) is 0. The van der Waals surface area contributed by atoms with E-state index in [-0.39, 0.29) is 0 Å². The van der Waals surface area contributed by atoms with Gasteiger partial charge in [0.1, 0.15) is 0 Å². The molecule has 0 radical (unpaired) electrons. The molecule has 0 amide bonds. The Kier molecular flexibility index (Phi) is 14.4. The van der Waals surface area contributed by atoms with E-state index in [4.69, 9.17) is 0 Å². The minimum atomic E-state index is 0.636. The zero-order valence-corrected chi connectivity index (χ0v) is 12.7. The van der Waals surface area contributed by atoms with Crippen LogP contribution in [0.4, 0.5) is 0 Å². The van der Waals surface area contributed by atoms with Gasteiger partial charge in [0.2, 0.25) is 0 Å². The van der Waals surface area contributed by atoms with Crippen molar-refractivity contribution >= 4 is 6.21 Å². The predicted molar refractivity (Wildman–Crippen MR) is 81.6 cm³/mol. The van der Waals surface area contributed by atoms with E-state index in [9.17, 15) is 0 Å². The maximum atomic E-state index is 4.05. The third-order valence-electron chi connectivity index (χ3n) is 2.73. The van der Waals surface area contributed by atoms with Crippen molar-refractivity contribution in [1.29, 1.82) is 0 Å². The monoisotopic (exact) mass is 237 g/mol. The molecule has 0 N–H and O–H groups in total. The second-order valence-corrected chi connectivity index (χ2v) is 4.90. The molecular weight excluding hydrogens is 206 g/mol. The largest absolute Gasteiger partial charge is 0.265 e. The summed E-state index contributed by atoms with van der Waals surface area (Å²) in [7, 11) is 0. The molecule has 0 aliphatic carbocycles. The zero-order valence-electron chi connectivity index (χ0n) is 12.7. The van der Waals surface area contributed by atoms with E-state index in [2.05, 4.69) is 53.1 Å². The van der Waals surface area contributed by atoms with Crippen LogP contribution in [0.5, 0.6) is 0 Å². The molecule has 17 heavy (non-hydrogen) atoms. The number of allylic oxidation sites excluding steroid dienone is 2. The summed E-state index contributed by atoms with van der Waals surface area (Å²) in [4.78, 5) is 4.05. The van der Waals surface area contributed by atoms with E-state index in [1.807, 2.05) is 6.20 Å². The Hall–Kier alpha value is -0.850. The van der Waals surface area contributed by atoms with Crippen LogP contribution < -0.4 is 0 Å². The van der Waals surface area contributed by atoms with Crippen molar-refractivity contribution < 1.29 is 0 Å². The molecule has 1 unspecified atom stereocenters. The molecule has 0 fully saturated rings. The Labute approximate surface area is 109 Å². The Morgan fingerprint density at radius 3 is 2.12 bits per heavy atom. The molecule has 0 rings (SSSR count). The highest BCUT2D eigenvalue weighted by molar-refractivity contribution is 5.70. The Bertz CT molecular complexity index is 224. The predicted octanol–water partition coefficient (Wildman–Crippen LogP) is 5.64. The van der Waals surface area contributed by atoms with E-state index < -0.39 is 0 Å². The summed E-state index contributed by atoms with van der Waals surface area (Å²) in [6.07, 6.45) is 9.16. The van der Waals surface area contributed by atoms with Crippen LogP contribution in [0, 0.1) is 11.8 Å². The lowest BCUT2D eigenvalue weighted by atomic mass is 10.0. The fourth-order valence-corrected chi connectivity index (χ4v) is 1.25. The minimum Gasteiger partial charge on any atom is -0.265 e. The molecular formula is C16H31N. The maximum absolute atomic E-state index is 4.05. The topological polar surface area (TPSA) is 12.4 Å². The molecule has 0 aromatic heterocycles. The average Bonchev–Trinajstić information content (AvgIpc) is 2.28. The Balaban J connectivity index is 0. The van der Waals surface area contributed by atoms with Gasteiger partial charge in [-0.15, -0.1) is 0 Å². The highest BCUT2D eigenvalue weighted by Gasteiger charge is 1.98. The first-order valence-corrected chi connectivity index (χ1v) is 6.80. The lowest BCUT2D eigenvalue weighted by molar-refractivity contribution is 0.576. The van der Waals surface area contributed by atoms with E-state index in [1.165, 1.54) is 24.8 Å². The first kappa shape index (κ1) is 18.5. The average molecular weight is 237 g/mol. The smallest absolute Gasteiger partial charge is 0.0261 e. The second kappa shape index (κ2) is 13.2. The quantitative estimate of drug-likeness (QED) is 0.530. The number of rotatable bonds is 6. The van der Waals surface area contributed by atoms with Gasteiger partial charge in [-0.05, 0) is 25.2 Å². The van der Waals surface area contributed by atoms with Gasteiger partial charge in [0.15, 0.2) is 0 Å². The molecule has 0 bridgehead atoms. The van der Waals surface area contributed by atoms with E-state index in [1.54, 1.807) is 12.3 Å². The van der Waals surface area contributed by atoms with Crippen molar-refractivity contribution in [3.05, 3.63) is 24.4 Å². The minimum absolute atomic E-state index is 0.636. The molecule has 0 aromatic carbocycles. The molecule has 0 spiro atoms. The molecule has 0 saturated heterocycles. The van der Waals surface area contributed by atoms with Crippen LogP contribution in [0.1, 0.15) is 60.8 Å². The molecule has 0 aliphatic heterocycles. The van der Waals surface area contributed by atoms with Gasteiger partial charge in [0, 0.05) is 12.4 Å². The van der Waals surface area contributed by atoms with Crippen molar-refractivity contribution in [2.45, 2.75) is 60.8 Å². The fraction of sp³-hybridized carbons (Fsp3) is 0.688. The Morgan fingerprint density at radius 1 is 1.24 bits per heavy atom.